The zero-order valence-electron chi connectivity index (χ0n) is 18.0. The third-order valence-corrected chi connectivity index (χ3v) is 5.28. The third kappa shape index (κ3) is 4.55. The van der Waals surface area contributed by atoms with Gasteiger partial charge < -0.3 is 14.7 Å². The van der Waals surface area contributed by atoms with Gasteiger partial charge in [0.2, 0.25) is 0 Å². The molecule has 2 aromatic heterocycles. The predicted octanol–water partition coefficient (Wildman–Crippen LogP) is 4.97. The molecule has 0 saturated carbocycles. The van der Waals surface area contributed by atoms with Crippen molar-refractivity contribution in [2.45, 2.75) is 46.3 Å². The molecular formula is C22H27N3O4S. The van der Waals surface area contributed by atoms with E-state index in [0.29, 0.717) is 27.5 Å². The summed E-state index contributed by atoms with van der Waals surface area (Å²) in [5.74, 6) is 0.117. The molecule has 1 aromatic carbocycles. The summed E-state index contributed by atoms with van der Waals surface area (Å²) in [7, 11) is 1.50. The fourth-order valence-corrected chi connectivity index (χ4v) is 3.91. The average Bonchev–Trinajstić information content (AvgIpc) is 3.29. The van der Waals surface area contributed by atoms with Crippen LogP contribution in [0.25, 0.3) is 10.9 Å². The average molecular weight is 430 g/mol. The van der Waals surface area contributed by atoms with E-state index in [4.69, 9.17) is 9.57 Å². The van der Waals surface area contributed by atoms with Gasteiger partial charge >= 0.3 is 6.09 Å². The first-order chi connectivity index (χ1) is 14.1. The Morgan fingerprint density at radius 2 is 1.97 bits per heavy atom. The summed E-state index contributed by atoms with van der Waals surface area (Å²) in [6.45, 7) is 9.45. The molecule has 3 rings (SSSR count). The van der Waals surface area contributed by atoms with Gasteiger partial charge in [-0.3, -0.25) is 4.57 Å². The molecule has 0 fully saturated rings. The molecule has 0 spiro atoms. The number of ether oxygens (including phenoxy) is 1. The molecule has 1 atom stereocenters. The summed E-state index contributed by atoms with van der Waals surface area (Å²) >= 11 is 1.34. The summed E-state index contributed by atoms with van der Waals surface area (Å²) in [4.78, 5) is 22.2. The monoisotopic (exact) mass is 429 g/mol. The van der Waals surface area contributed by atoms with Crippen molar-refractivity contribution in [3.63, 3.8) is 0 Å². The van der Waals surface area contributed by atoms with Crippen LogP contribution in [0.2, 0.25) is 0 Å². The van der Waals surface area contributed by atoms with E-state index in [2.05, 4.69) is 10.1 Å². The molecule has 0 saturated heterocycles. The maximum atomic E-state index is 12.7. The van der Waals surface area contributed by atoms with E-state index in [1.165, 1.54) is 23.0 Å². The Morgan fingerprint density at radius 1 is 1.27 bits per heavy atom. The van der Waals surface area contributed by atoms with Gasteiger partial charge in [-0.05, 0) is 26.8 Å². The van der Waals surface area contributed by atoms with Crippen molar-refractivity contribution in [3.05, 3.63) is 52.1 Å². The van der Waals surface area contributed by atoms with Crippen LogP contribution in [0.15, 0.2) is 41.0 Å². The first kappa shape index (κ1) is 22.0. The number of carbonyl (C=O) groups is 1. The highest BCUT2D eigenvalue weighted by atomic mass is 32.1. The van der Waals surface area contributed by atoms with E-state index in [-0.39, 0.29) is 5.92 Å². The maximum Gasteiger partial charge on any atom is 0.419 e. The van der Waals surface area contributed by atoms with Crippen molar-refractivity contribution in [1.82, 2.24) is 9.55 Å². The van der Waals surface area contributed by atoms with Crippen LogP contribution in [0.3, 0.4) is 0 Å². The molecule has 8 heteroatoms. The number of hydrogen-bond donors (Lipinski definition) is 1. The zero-order chi connectivity index (χ0) is 22.1. The summed E-state index contributed by atoms with van der Waals surface area (Å²) < 4.78 is 6.95. The number of benzene rings is 1. The highest BCUT2D eigenvalue weighted by Crippen LogP contribution is 2.33. The minimum Gasteiger partial charge on any atom is -0.443 e. The van der Waals surface area contributed by atoms with E-state index < -0.39 is 17.8 Å². The van der Waals surface area contributed by atoms with Crippen molar-refractivity contribution >= 4 is 34.0 Å². The minimum absolute atomic E-state index is 0.117. The molecular weight excluding hydrogens is 402 g/mol. The van der Waals surface area contributed by atoms with E-state index in [1.807, 2.05) is 64.3 Å². The molecule has 30 heavy (non-hydrogen) atoms. The fourth-order valence-electron chi connectivity index (χ4n) is 3.10. The highest BCUT2D eigenvalue weighted by Gasteiger charge is 2.25. The van der Waals surface area contributed by atoms with Crippen LogP contribution in [0.4, 0.5) is 4.79 Å². The van der Waals surface area contributed by atoms with Crippen LogP contribution in [-0.4, -0.2) is 39.2 Å². The third-order valence-electron chi connectivity index (χ3n) is 4.38. The number of para-hydroxylation sites is 1. The second-order valence-corrected chi connectivity index (χ2v) is 9.13. The van der Waals surface area contributed by atoms with E-state index in [9.17, 15) is 9.90 Å². The molecule has 0 radical (unpaired) electrons. The molecule has 7 nitrogen and oxygen atoms in total. The Morgan fingerprint density at radius 3 is 2.60 bits per heavy atom. The molecule has 0 aliphatic carbocycles. The molecule has 0 aliphatic heterocycles. The van der Waals surface area contributed by atoms with Crippen molar-refractivity contribution in [2.75, 3.05) is 7.11 Å². The first-order valence-electron chi connectivity index (χ1n) is 9.70. The number of aliphatic hydroxyl groups excluding tert-OH is 1. The number of hydrogen-bond acceptors (Lipinski definition) is 7. The van der Waals surface area contributed by atoms with Gasteiger partial charge in [0.1, 0.15) is 29.5 Å². The van der Waals surface area contributed by atoms with Crippen molar-refractivity contribution < 1.29 is 19.5 Å². The number of rotatable bonds is 5. The number of aliphatic hydroxyl groups is 1. The fraction of sp³-hybridized carbons (Fsp3) is 0.409. The van der Waals surface area contributed by atoms with Gasteiger partial charge in [-0.2, -0.15) is 0 Å². The number of aromatic nitrogens is 2. The van der Waals surface area contributed by atoms with Gasteiger partial charge in [-0.15, -0.1) is 11.3 Å². The smallest absolute Gasteiger partial charge is 0.419 e. The summed E-state index contributed by atoms with van der Waals surface area (Å²) in [6.07, 6.45) is 0.136. The number of oxime groups is 1. The number of fused-ring (bicyclic) bond motifs is 1. The van der Waals surface area contributed by atoms with Gasteiger partial charge in [0, 0.05) is 28.4 Å². The van der Waals surface area contributed by atoms with Gasteiger partial charge in [0.25, 0.3) is 0 Å². The van der Waals surface area contributed by atoms with Crippen LogP contribution in [0, 0.1) is 5.92 Å². The quantitative estimate of drug-likeness (QED) is 0.457. The van der Waals surface area contributed by atoms with Crippen LogP contribution in [0.5, 0.6) is 0 Å². The van der Waals surface area contributed by atoms with Gasteiger partial charge in [0.05, 0.1) is 11.2 Å². The molecule has 1 N–H and O–H groups in total. The molecule has 3 aromatic rings. The van der Waals surface area contributed by atoms with Crippen molar-refractivity contribution in [2.24, 2.45) is 11.1 Å². The Balaban J connectivity index is 2.01. The standard InChI is InChI=1S/C22H27N3O4S/c1-13(2)18(24-28-6)16-12-30-20(23-16)19(26)15-11-25(21(27)29-22(3,4)5)17-10-8-7-9-14(15)17/h7-13,19,26H,1-6H3. The normalized spacial score (nSPS) is 13.7. The van der Waals surface area contributed by atoms with Crippen LogP contribution < -0.4 is 0 Å². The second kappa shape index (κ2) is 8.57. The van der Waals surface area contributed by atoms with E-state index >= 15 is 0 Å². The Bertz CT molecular complexity index is 1080. The summed E-state index contributed by atoms with van der Waals surface area (Å²) in [6, 6.07) is 7.41. The van der Waals surface area contributed by atoms with Gasteiger partial charge in [0.15, 0.2) is 0 Å². The molecule has 2 heterocycles. The zero-order valence-corrected chi connectivity index (χ0v) is 18.9. The first-order valence-corrected chi connectivity index (χ1v) is 10.6. The minimum atomic E-state index is -0.992. The summed E-state index contributed by atoms with van der Waals surface area (Å²) in [5, 5.41) is 18.3. The van der Waals surface area contributed by atoms with Gasteiger partial charge in [-0.25, -0.2) is 9.78 Å². The number of nitrogens with zero attached hydrogens (tertiary/aromatic N) is 3. The molecule has 160 valence electrons. The van der Waals surface area contributed by atoms with Crippen LogP contribution in [0.1, 0.15) is 57.0 Å². The Hall–Kier alpha value is -2.71. The second-order valence-electron chi connectivity index (χ2n) is 8.24. The SMILES string of the molecule is CON=C(c1csc(C(O)c2cn(C(=O)OC(C)(C)C)c3ccccc23)n1)C(C)C. The molecule has 1 unspecified atom stereocenters. The number of thiazole rings is 1. The molecule has 0 bridgehead atoms. The number of carbonyl (C=O) groups excluding carboxylic acids is 1. The van der Waals surface area contributed by atoms with E-state index in [1.54, 1.807) is 6.20 Å². The predicted molar refractivity (Wildman–Crippen MR) is 118 cm³/mol. The largest absolute Gasteiger partial charge is 0.443 e. The van der Waals surface area contributed by atoms with Crippen LogP contribution in [-0.2, 0) is 9.57 Å². The lowest BCUT2D eigenvalue weighted by Gasteiger charge is -2.19. The molecule has 0 amide bonds. The summed E-state index contributed by atoms with van der Waals surface area (Å²) in [5.41, 5.74) is 2.01. The van der Waals surface area contributed by atoms with Crippen molar-refractivity contribution in [1.29, 1.82) is 0 Å². The Kier molecular flexibility index (Phi) is 6.28. The van der Waals surface area contributed by atoms with Gasteiger partial charge in [-0.1, -0.05) is 37.2 Å². The Labute approximate surface area is 179 Å². The lowest BCUT2D eigenvalue weighted by Crippen LogP contribution is -2.26. The van der Waals surface area contributed by atoms with Crippen molar-refractivity contribution in [3.8, 4) is 0 Å². The maximum absolute atomic E-state index is 12.7. The topological polar surface area (TPSA) is 85.9 Å². The van der Waals surface area contributed by atoms with E-state index in [0.717, 1.165) is 5.39 Å². The van der Waals surface area contributed by atoms with Crippen LogP contribution >= 0.6 is 11.3 Å². The molecule has 0 aliphatic rings. The lowest BCUT2D eigenvalue weighted by molar-refractivity contribution is 0.0544. The lowest BCUT2D eigenvalue weighted by atomic mass is 10.1. The highest BCUT2D eigenvalue weighted by molar-refractivity contribution is 7.10.